The SMILES string of the molecule is C[C@H](NC(=O)CC(c1ccsc1)n1cccc1)c1nc2ccccc2[nH]1. The van der Waals surface area contributed by atoms with E-state index in [1.165, 1.54) is 0 Å². The Labute approximate surface area is 155 Å². The molecule has 3 heterocycles. The van der Waals surface area contributed by atoms with E-state index in [2.05, 4.69) is 31.3 Å². The lowest BCUT2D eigenvalue weighted by molar-refractivity contribution is -0.122. The highest BCUT2D eigenvalue weighted by Gasteiger charge is 2.20. The molecular weight excluding hydrogens is 344 g/mol. The lowest BCUT2D eigenvalue weighted by atomic mass is 10.1. The van der Waals surface area contributed by atoms with Crippen molar-refractivity contribution in [1.82, 2.24) is 19.9 Å². The molecule has 0 spiro atoms. The topological polar surface area (TPSA) is 62.7 Å². The van der Waals surface area contributed by atoms with E-state index in [0.29, 0.717) is 6.42 Å². The van der Waals surface area contributed by atoms with E-state index in [0.717, 1.165) is 22.4 Å². The van der Waals surface area contributed by atoms with Gasteiger partial charge in [0.25, 0.3) is 0 Å². The zero-order chi connectivity index (χ0) is 17.9. The van der Waals surface area contributed by atoms with Crippen LogP contribution in [0.1, 0.15) is 36.8 Å². The fourth-order valence-electron chi connectivity index (χ4n) is 3.14. The number of aromatic amines is 1. The maximum atomic E-state index is 12.7. The number of carbonyl (C=O) groups is 1. The van der Waals surface area contributed by atoms with Gasteiger partial charge in [0.2, 0.25) is 5.91 Å². The third-order valence-corrected chi connectivity index (χ3v) is 5.19. The van der Waals surface area contributed by atoms with Gasteiger partial charge >= 0.3 is 0 Å². The van der Waals surface area contributed by atoms with Gasteiger partial charge < -0.3 is 14.9 Å². The van der Waals surface area contributed by atoms with Gasteiger partial charge in [0, 0.05) is 12.4 Å². The quantitative estimate of drug-likeness (QED) is 0.536. The van der Waals surface area contributed by atoms with Crippen LogP contribution >= 0.6 is 11.3 Å². The number of hydrogen-bond donors (Lipinski definition) is 2. The van der Waals surface area contributed by atoms with Crippen LogP contribution in [0.2, 0.25) is 0 Å². The molecule has 0 bridgehead atoms. The van der Waals surface area contributed by atoms with Crippen LogP contribution in [0.15, 0.2) is 65.6 Å². The molecule has 0 fully saturated rings. The second-order valence-electron chi connectivity index (χ2n) is 6.34. The number of carbonyl (C=O) groups excluding carboxylic acids is 1. The van der Waals surface area contributed by atoms with Crippen molar-refractivity contribution < 1.29 is 4.79 Å². The molecule has 1 unspecified atom stereocenters. The molecule has 0 radical (unpaired) electrons. The molecule has 0 aliphatic heterocycles. The molecule has 0 aliphatic carbocycles. The summed E-state index contributed by atoms with van der Waals surface area (Å²) in [7, 11) is 0. The summed E-state index contributed by atoms with van der Waals surface area (Å²) in [6.45, 7) is 1.95. The van der Waals surface area contributed by atoms with E-state index in [9.17, 15) is 4.79 Å². The number of nitrogens with one attached hydrogen (secondary N) is 2. The first kappa shape index (κ1) is 16.6. The minimum absolute atomic E-state index is 0.000812. The van der Waals surface area contributed by atoms with E-state index < -0.39 is 0 Å². The van der Waals surface area contributed by atoms with Gasteiger partial charge in [0.05, 0.1) is 29.5 Å². The number of benzene rings is 1. The molecule has 5 nitrogen and oxygen atoms in total. The Balaban J connectivity index is 1.48. The van der Waals surface area contributed by atoms with E-state index in [4.69, 9.17) is 0 Å². The second kappa shape index (κ2) is 7.17. The summed E-state index contributed by atoms with van der Waals surface area (Å²) in [6.07, 6.45) is 4.38. The van der Waals surface area contributed by atoms with Gasteiger partial charge in [-0.1, -0.05) is 12.1 Å². The van der Waals surface area contributed by atoms with Gasteiger partial charge in [-0.15, -0.1) is 0 Å². The number of thiophene rings is 1. The summed E-state index contributed by atoms with van der Waals surface area (Å²) in [5.41, 5.74) is 3.04. The molecule has 0 saturated carbocycles. The zero-order valence-electron chi connectivity index (χ0n) is 14.4. The minimum atomic E-state index is -0.178. The largest absolute Gasteiger partial charge is 0.346 e. The van der Waals surface area contributed by atoms with Gasteiger partial charge in [-0.25, -0.2) is 4.98 Å². The summed E-state index contributed by atoms with van der Waals surface area (Å²) in [4.78, 5) is 20.5. The van der Waals surface area contributed by atoms with E-state index in [1.807, 2.05) is 61.1 Å². The smallest absolute Gasteiger partial charge is 0.223 e. The number of rotatable bonds is 6. The van der Waals surface area contributed by atoms with Crippen molar-refractivity contribution in [3.05, 3.63) is 77.0 Å². The van der Waals surface area contributed by atoms with Crippen LogP contribution in [0.4, 0.5) is 0 Å². The zero-order valence-corrected chi connectivity index (χ0v) is 15.2. The first-order chi connectivity index (χ1) is 12.7. The molecule has 2 atom stereocenters. The molecule has 0 aliphatic rings. The van der Waals surface area contributed by atoms with Gasteiger partial charge in [-0.3, -0.25) is 4.79 Å². The number of hydrogen-bond acceptors (Lipinski definition) is 3. The van der Waals surface area contributed by atoms with Crippen LogP contribution in [-0.4, -0.2) is 20.4 Å². The summed E-state index contributed by atoms with van der Waals surface area (Å²) in [5, 5.41) is 7.21. The lowest BCUT2D eigenvalue weighted by Crippen LogP contribution is -2.29. The average Bonchev–Trinajstić information content (AvgIpc) is 3.41. The number of aromatic nitrogens is 3. The summed E-state index contributed by atoms with van der Waals surface area (Å²) in [5.74, 6) is 0.774. The van der Waals surface area contributed by atoms with Gasteiger partial charge in [-0.05, 0) is 53.6 Å². The Morgan fingerprint density at radius 3 is 2.77 bits per heavy atom. The molecule has 2 N–H and O–H groups in total. The summed E-state index contributed by atoms with van der Waals surface area (Å²) < 4.78 is 2.08. The van der Waals surface area contributed by atoms with E-state index in [1.54, 1.807) is 11.3 Å². The number of fused-ring (bicyclic) bond motifs is 1. The number of nitrogens with zero attached hydrogens (tertiary/aromatic N) is 2. The second-order valence-corrected chi connectivity index (χ2v) is 7.12. The Kier molecular flexibility index (Phi) is 4.58. The third-order valence-electron chi connectivity index (χ3n) is 4.49. The van der Waals surface area contributed by atoms with Crippen LogP contribution in [0.25, 0.3) is 11.0 Å². The highest BCUT2D eigenvalue weighted by Crippen LogP contribution is 2.25. The Morgan fingerprint density at radius 1 is 1.23 bits per heavy atom. The van der Waals surface area contributed by atoms with Crippen molar-refractivity contribution in [3.8, 4) is 0 Å². The lowest BCUT2D eigenvalue weighted by Gasteiger charge is -2.19. The Bertz CT molecular complexity index is 921. The number of H-pyrrole nitrogens is 1. The molecule has 132 valence electrons. The standard InChI is InChI=1S/C20H20N4OS/c1-14(20-22-16-6-2-3-7-17(16)23-20)21-19(25)12-18(15-8-11-26-13-15)24-9-4-5-10-24/h2-11,13-14,18H,12H2,1H3,(H,21,25)(H,22,23)/t14-,18?/m0/s1. The summed E-state index contributed by atoms with van der Waals surface area (Å²) >= 11 is 1.65. The van der Waals surface area contributed by atoms with Crippen LogP contribution in [0, 0.1) is 0 Å². The normalized spacial score (nSPS) is 13.6. The van der Waals surface area contributed by atoms with Crippen molar-refractivity contribution >= 4 is 28.3 Å². The molecule has 4 rings (SSSR count). The fourth-order valence-corrected chi connectivity index (χ4v) is 3.84. The number of amides is 1. The van der Waals surface area contributed by atoms with Crippen LogP contribution in [-0.2, 0) is 4.79 Å². The highest BCUT2D eigenvalue weighted by atomic mass is 32.1. The predicted molar refractivity (Wildman–Crippen MR) is 104 cm³/mol. The van der Waals surface area contributed by atoms with Gasteiger partial charge in [0.1, 0.15) is 5.82 Å². The number of imidazole rings is 1. The predicted octanol–water partition coefficient (Wildman–Crippen LogP) is 4.28. The average molecular weight is 364 g/mol. The fraction of sp³-hybridized carbons (Fsp3) is 0.200. The monoisotopic (exact) mass is 364 g/mol. The van der Waals surface area contributed by atoms with E-state index in [-0.39, 0.29) is 18.0 Å². The van der Waals surface area contributed by atoms with Gasteiger partial charge in [-0.2, -0.15) is 11.3 Å². The van der Waals surface area contributed by atoms with Gasteiger partial charge in [0.15, 0.2) is 0 Å². The maximum Gasteiger partial charge on any atom is 0.223 e. The van der Waals surface area contributed by atoms with Crippen LogP contribution in [0.5, 0.6) is 0 Å². The molecule has 1 aromatic carbocycles. The van der Waals surface area contributed by atoms with Crippen molar-refractivity contribution in [2.24, 2.45) is 0 Å². The molecule has 26 heavy (non-hydrogen) atoms. The molecule has 4 aromatic rings. The van der Waals surface area contributed by atoms with Crippen molar-refractivity contribution in [2.45, 2.75) is 25.4 Å². The first-order valence-electron chi connectivity index (χ1n) is 8.59. The Hall–Kier alpha value is -2.86. The molecule has 0 saturated heterocycles. The minimum Gasteiger partial charge on any atom is -0.346 e. The van der Waals surface area contributed by atoms with E-state index >= 15 is 0 Å². The highest BCUT2D eigenvalue weighted by molar-refractivity contribution is 7.08. The van der Waals surface area contributed by atoms with Crippen molar-refractivity contribution in [3.63, 3.8) is 0 Å². The first-order valence-corrected chi connectivity index (χ1v) is 9.53. The molecule has 6 heteroatoms. The maximum absolute atomic E-state index is 12.7. The molecular formula is C20H20N4OS. The van der Waals surface area contributed by atoms with Crippen LogP contribution < -0.4 is 5.32 Å². The Morgan fingerprint density at radius 2 is 2.04 bits per heavy atom. The summed E-state index contributed by atoms with van der Waals surface area (Å²) in [6, 6.07) is 13.7. The van der Waals surface area contributed by atoms with Crippen molar-refractivity contribution in [2.75, 3.05) is 0 Å². The molecule has 3 aromatic heterocycles. The number of para-hydroxylation sites is 2. The van der Waals surface area contributed by atoms with Crippen molar-refractivity contribution in [1.29, 1.82) is 0 Å². The van der Waals surface area contributed by atoms with Crippen LogP contribution in [0.3, 0.4) is 0 Å². The third kappa shape index (κ3) is 3.41. The molecule has 1 amide bonds.